The first-order valence-electron chi connectivity index (χ1n) is 4.14. The summed E-state index contributed by atoms with van der Waals surface area (Å²) >= 11 is 0.833. The van der Waals surface area contributed by atoms with Crippen LogP contribution in [0.25, 0.3) is 0 Å². The summed E-state index contributed by atoms with van der Waals surface area (Å²) in [6.07, 6.45) is 0. The van der Waals surface area contributed by atoms with Crippen LogP contribution >= 0.6 is 11.8 Å². The van der Waals surface area contributed by atoms with E-state index in [-0.39, 0.29) is 0 Å². The van der Waals surface area contributed by atoms with Crippen LogP contribution in [0, 0.1) is 5.25 Å². The molecule has 0 saturated carbocycles. The Kier molecular flexibility index (Phi) is 7.91. The number of thioether (sulfide) groups is 1. The number of carbonyl (C=O) groups is 2. The summed E-state index contributed by atoms with van der Waals surface area (Å²) < 4.78 is 58.9. The van der Waals surface area contributed by atoms with Gasteiger partial charge in [-0.3, -0.25) is 9.59 Å². The first-order chi connectivity index (χ1) is 8.20. The first-order valence-corrected chi connectivity index (χ1v) is 6.43. The van der Waals surface area contributed by atoms with Gasteiger partial charge in [0.25, 0.3) is 0 Å². The van der Waals surface area contributed by atoms with Crippen molar-refractivity contribution in [2.75, 3.05) is 0 Å². The molecule has 0 unspecified atom stereocenters. The third-order valence-corrected chi connectivity index (χ3v) is 2.76. The Balaban J connectivity index is 0. The predicted octanol–water partition coefficient (Wildman–Crippen LogP) is 0.881. The smallest absolute Gasteiger partial charge is 0.485 e. The predicted molar refractivity (Wildman–Crippen MR) is 57.0 cm³/mol. The second kappa shape index (κ2) is 7.45. The van der Waals surface area contributed by atoms with E-state index in [0.29, 0.717) is 0 Å². The maximum Gasteiger partial charge on any atom is 0.485 e. The Hall–Kier alpha value is -1.14. The molecule has 0 aliphatic carbocycles. The minimum atomic E-state index is -6.09. The molecular weight excluding hydrogens is 317 g/mol. The molecule has 0 radical (unpaired) electrons. The van der Waals surface area contributed by atoms with Gasteiger partial charge in [-0.25, -0.2) is 8.42 Å². The number of rotatable bonds is 4. The number of aliphatic carboxylic acids is 2. The van der Waals surface area contributed by atoms with Crippen molar-refractivity contribution in [2.24, 2.45) is 0 Å². The molecule has 7 nitrogen and oxygen atoms in total. The van der Waals surface area contributed by atoms with Crippen LogP contribution in [0.4, 0.5) is 13.2 Å². The Bertz CT molecular complexity index is 401. The summed E-state index contributed by atoms with van der Waals surface area (Å²) in [5.41, 5.74) is -5.65. The van der Waals surface area contributed by atoms with Crippen molar-refractivity contribution in [2.45, 2.75) is 24.6 Å². The zero-order chi connectivity index (χ0) is 16.0. The molecule has 0 aliphatic heterocycles. The molecule has 0 aromatic rings. The molecule has 0 heterocycles. The van der Waals surface area contributed by atoms with Crippen molar-refractivity contribution < 1.29 is 45.9 Å². The lowest BCUT2D eigenvalue weighted by molar-refractivity contribution is -0.146. The lowest BCUT2D eigenvalue weighted by Crippen LogP contribution is -2.26. The van der Waals surface area contributed by atoms with E-state index in [1.54, 1.807) is 13.8 Å². The molecule has 0 aromatic carbocycles. The minimum absolute atomic E-state index is 0.722. The number of carboxylic acid groups (broad SMARTS) is 2. The zero-order valence-electron chi connectivity index (χ0n) is 9.46. The summed E-state index contributed by atoms with van der Waals surface area (Å²) in [7, 11) is -6.09. The van der Waals surface area contributed by atoms with Crippen molar-refractivity contribution in [3.8, 4) is 0 Å². The minimum Gasteiger partial charge on any atom is -0.741 e. The monoisotopic (exact) mass is 326 g/mol. The third kappa shape index (κ3) is 9.44. The number of hydrogen-bond acceptors (Lipinski definition) is 6. The fraction of sp³-hybridized carbons (Fsp3) is 0.571. The number of carboxylic acids is 2. The fourth-order valence-corrected chi connectivity index (χ4v) is 1.12. The number of halogens is 3. The summed E-state index contributed by atoms with van der Waals surface area (Å²) in [5, 5.41) is 16.1. The normalized spacial score (nSPS) is 11.5. The Morgan fingerprint density at radius 1 is 1.21 bits per heavy atom. The van der Waals surface area contributed by atoms with Crippen LogP contribution in [0.2, 0.25) is 0 Å². The lowest BCUT2D eigenvalue weighted by atomic mass is 10.4. The molecule has 19 heavy (non-hydrogen) atoms. The van der Waals surface area contributed by atoms with E-state index in [4.69, 9.17) is 23.2 Å². The molecule has 0 bridgehead atoms. The van der Waals surface area contributed by atoms with E-state index in [0.717, 1.165) is 17.0 Å². The van der Waals surface area contributed by atoms with Crippen molar-refractivity contribution >= 4 is 33.8 Å². The van der Waals surface area contributed by atoms with Gasteiger partial charge in [-0.05, 0) is 0 Å². The van der Waals surface area contributed by atoms with E-state index in [1.165, 1.54) is 0 Å². The van der Waals surface area contributed by atoms with E-state index in [1.807, 2.05) is 0 Å². The van der Waals surface area contributed by atoms with Crippen molar-refractivity contribution in [1.29, 1.82) is 0 Å². The maximum absolute atomic E-state index is 10.7. The Morgan fingerprint density at radius 3 is 1.53 bits per heavy atom. The molecule has 0 fully saturated rings. The molecule has 112 valence electrons. The second-order valence-electron chi connectivity index (χ2n) is 2.98. The SMILES string of the molecule is C[C+](C)SC(C(=O)O)C(=O)O.O=S(=O)([O-])C(F)(F)F. The molecule has 0 aliphatic rings. The molecule has 0 spiro atoms. The Morgan fingerprint density at radius 2 is 1.47 bits per heavy atom. The van der Waals surface area contributed by atoms with Crippen LogP contribution < -0.4 is 0 Å². The molecule has 0 saturated heterocycles. The third-order valence-electron chi connectivity index (χ3n) is 1.09. The van der Waals surface area contributed by atoms with Gasteiger partial charge in [0.15, 0.2) is 15.4 Å². The highest BCUT2D eigenvalue weighted by atomic mass is 32.2. The average molecular weight is 326 g/mol. The van der Waals surface area contributed by atoms with Gasteiger partial charge in [-0.2, -0.15) is 13.2 Å². The highest BCUT2D eigenvalue weighted by molar-refractivity contribution is 8.04. The average Bonchev–Trinajstić information content (AvgIpc) is 2.10. The van der Waals surface area contributed by atoms with E-state index in [9.17, 15) is 22.8 Å². The van der Waals surface area contributed by atoms with Crippen LogP contribution in [-0.2, 0) is 19.7 Å². The quantitative estimate of drug-likeness (QED) is 0.337. The van der Waals surface area contributed by atoms with E-state index < -0.39 is 32.8 Å². The van der Waals surface area contributed by atoms with Gasteiger partial charge in [0.1, 0.15) is 0 Å². The molecule has 0 aromatic heterocycles. The summed E-state index contributed by atoms with van der Waals surface area (Å²) in [4.78, 5) is 20.5. The number of alkyl halides is 3. The molecular formula is C7H9F3O7S2. The van der Waals surface area contributed by atoms with Gasteiger partial charge in [0.2, 0.25) is 5.25 Å². The van der Waals surface area contributed by atoms with Crippen LogP contribution in [0.5, 0.6) is 0 Å². The molecule has 2 N–H and O–H groups in total. The van der Waals surface area contributed by atoms with Gasteiger partial charge in [0.05, 0.1) is 25.6 Å². The second-order valence-corrected chi connectivity index (χ2v) is 5.88. The first kappa shape index (κ1) is 20.2. The fourth-order valence-electron chi connectivity index (χ4n) is 0.442. The standard InChI is InChI=1S/C6H8O4S.CHF3O3S/c1-3(2)11-4(5(7)8)6(9)10;2-1(3,4)8(5,6)7/h4H,1-2H3,(H-,7,8,9,10);(H,5,6,7). The highest BCUT2D eigenvalue weighted by Crippen LogP contribution is 2.23. The largest absolute Gasteiger partial charge is 0.741 e. The van der Waals surface area contributed by atoms with Gasteiger partial charge >= 0.3 is 17.4 Å². The van der Waals surface area contributed by atoms with Crippen molar-refractivity contribution in [1.82, 2.24) is 0 Å². The van der Waals surface area contributed by atoms with Gasteiger partial charge < -0.3 is 14.8 Å². The molecule has 0 atom stereocenters. The van der Waals surface area contributed by atoms with Crippen LogP contribution in [0.15, 0.2) is 0 Å². The summed E-state index contributed by atoms with van der Waals surface area (Å²) in [6, 6.07) is 0. The van der Waals surface area contributed by atoms with Crippen LogP contribution in [0.3, 0.4) is 0 Å². The molecule has 0 amide bonds. The van der Waals surface area contributed by atoms with E-state index in [2.05, 4.69) is 0 Å². The Labute approximate surface area is 110 Å². The van der Waals surface area contributed by atoms with Gasteiger partial charge in [-0.15, -0.1) is 0 Å². The highest BCUT2D eigenvalue weighted by Gasteiger charge is 2.37. The molecule has 0 rings (SSSR count). The molecule has 12 heteroatoms. The van der Waals surface area contributed by atoms with Crippen molar-refractivity contribution in [3.63, 3.8) is 0 Å². The van der Waals surface area contributed by atoms with Gasteiger partial charge in [-0.1, -0.05) is 0 Å². The summed E-state index contributed by atoms with van der Waals surface area (Å²) in [5.74, 6) is -2.63. The topological polar surface area (TPSA) is 132 Å². The van der Waals surface area contributed by atoms with Crippen molar-refractivity contribution in [3.05, 3.63) is 5.25 Å². The number of hydrogen-bond donors (Lipinski definition) is 2. The lowest BCUT2D eigenvalue weighted by Gasteiger charge is -2.08. The zero-order valence-corrected chi connectivity index (χ0v) is 11.1. The van der Waals surface area contributed by atoms with Crippen LogP contribution in [-0.4, -0.2) is 45.9 Å². The summed E-state index contributed by atoms with van der Waals surface area (Å²) in [6.45, 7) is 3.34. The van der Waals surface area contributed by atoms with Gasteiger partial charge in [0, 0.05) is 0 Å². The van der Waals surface area contributed by atoms with E-state index >= 15 is 0 Å². The van der Waals surface area contributed by atoms with Crippen LogP contribution in [0.1, 0.15) is 13.8 Å². The maximum atomic E-state index is 10.7.